The summed E-state index contributed by atoms with van der Waals surface area (Å²) >= 11 is 1.12. The number of carbonyl (C=O) groups excluding carboxylic acids is 1. The standard InChI is InChI=1S/C11H11N3OS/c1-2-12-11(15)10-9(13-14-16-10)8-6-4-3-5-7-8/h3-7H,2H2,1H3,(H,12,15). The van der Waals surface area contributed by atoms with Crippen LogP contribution in [0.25, 0.3) is 11.3 Å². The predicted octanol–water partition coefficient (Wildman–Crippen LogP) is 1.95. The molecule has 1 heterocycles. The number of hydrogen-bond donors (Lipinski definition) is 1. The molecule has 0 aliphatic rings. The molecule has 2 rings (SSSR count). The van der Waals surface area contributed by atoms with Crippen molar-refractivity contribution in [3.63, 3.8) is 0 Å². The summed E-state index contributed by atoms with van der Waals surface area (Å²) in [6.45, 7) is 2.49. The van der Waals surface area contributed by atoms with Crippen LogP contribution in [-0.2, 0) is 0 Å². The Morgan fingerprint density at radius 1 is 1.38 bits per heavy atom. The number of nitrogens with one attached hydrogen (secondary N) is 1. The molecule has 0 saturated carbocycles. The van der Waals surface area contributed by atoms with E-state index in [2.05, 4.69) is 14.9 Å². The Morgan fingerprint density at radius 2 is 2.12 bits per heavy atom. The van der Waals surface area contributed by atoms with Gasteiger partial charge in [-0.1, -0.05) is 34.8 Å². The molecule has 1 N–H and O–H groups in total. The Bertz CT molecular complexity index is 481. The van der Waals surface area contributed by atoms with Crippen LogP contribution >= 0.6 is 11.5 Å². The first kappa shape index (κ1) is 10.8. The third-order valence-electron chi connectivity index (χ3n) is 2.08. The van der Waals surface area contributed by atoms with Crippen molar-refractivity contribution < 1.29 is 4.79 Å². The Morgan fingerprint density at radius 3 is 2.81 bits per heavy atom. The molecule has 0 aliphatic heterocycles. The van der Waals surface area contributed by atoms with E-state index in [1.807, 2.05) is 37.3 Å². The van der Waals surface area contributed by atoms with E-state index in [0.717, 1.165) is 17.1 Å². The number of benzene rings is 1. The van der Waals surface area contributed by atoms with Gasteiger partial charge in [-0.2, -0.15) is 0 Å². The number of carbonyl (C=O) groups is 1. The van der Waals surface area contributed by atoms with Crippen LogP contribution in [0.2, 0.25) is 0 Å². The molecule has 0 fully saturated rings. The van der Waals surface area contributed by atoms with Crippen LogP contribution in [0.4, 0.5) is 0 Å². The molecule has 0 spiro atoms. The average Bonchev–Trinajstić information content (AvgIpc) is 2.79. The molecular formula is C11H11N3OS. The third-order valence-corrected chi connectivity index (χ3v) is 2.80. The van der Waals surface area contributed by atoms with E-state index >= 15 is 0 Å². The molecule has 1 amide bonds. The second-order valence-corrected chi connectivity index (χ2v) is 3.93. The van der Waals surface area contributed by atoms with Crippen LogP contribution in [0, 0.1) is 0 Å². The maximum absolute atomic E-state index is 11.7. The van der Waals surface area contributed by atoms with Crippen molar-refractivity contribution in [2.24, 2.45) is 0 Å². The van der Waals surface area contributed by atoms with Gasteiger partial charge in [-0.15, -0.1) is 5.10 Å². The summed E-state index contributed by atoms with van der Waals surface area (Å²) in [4.78, 5) is 12.3. The molecule has 0 aliphatic carbocycles. The van der Waals surface area contributed by atoms with E-state index in [4.69, 9.17) is 0 Å². The highest BCUT2D eigenvalue weighted by Gasteiger charge is 2.16. The van der Waals surface area contributed by atoms with Gasteiger partial charge in [0.2, 0.25) is 0 Å². The van der Waals surface area contributed by atoms with Gasteiger partial charge in [0, 0.05) is 12.1 Å². The topological polar surface area (TPSA) is 54.9 Å². The van der Waals surface area contributed by atoms with Gasteiger partial charge in [0.05, 0.1) is 0 Å². The Balaban J connectivity index is 2.37. The molecule has 1 aromatic carbocycles. The van der Waals surface area contributed by atoms with E-state index in [-0.39, 0.29) is 5.91 Å². The Labute approximate surface area is 97.5 Å². The van der Waals surface area contributed by atoms with E-state index < -0.39 is 0 Å². The lowest BCUT2D eigenvalue weighted by molar-refractivity contribution is 0.0960. The summed E-state index contributed by atoms with van der Waals surface area (Å²) in [5.41, 5.74) is 1.56. The summed E-state index contributed by atoms with van der Waals surface area (Å²) in [7, 11) is 0. The minimum atomic E-state index is -0.114. The van der Waals surface area contributed by atoms with Gasteiger partial charge in [0.25, 0.3) is 5.91 Å². The van der Waals surface area contributed by atoms with Crippen molar-refractivity contribution in [1.29, 1.82) is 0 Å². The SMILES string of the molecule is CCNC(=O)c1snnc1-c1ccccc1. The van der Waals surface area contributed by atoms with E-state index in [9.17, 15) is 4.79 Å². The summed E-state index contributed by atoms with van der Waals surface area (Å²) < 4.78 is 3.83. The second-order valence-electron chi connectivity index (χ2n) is 3.18. The Hall–Kier alpha value is -1.75. The number of rotatable bonds is 3. The van der Waals surface area contributed by atoms with E-state index in [1.165, 1.54) is 0 Å². The monoisotopic (exact) mass is 233 g/mol. The number of nitrogens with zero attached hydrogens (tertiary/aromatic N) is 2. The van der Waals surface area contributed by atoms with Crippen LogP contribution in [0.1, 0.15) is 16.6 Å². The lowest BCUT2D eigenvalue weighted by atomic mass is 10.1. The lowest BCUT2D eigenvalue weighted by Gasteiger charge is -2.01. The van der Waals surface area contributed by atoms with Gasteiger partial charge in [-0.05, 0) is 18.5 Å². The number of amides is 1. The summed E-state index contributed by atoms with van der Waals surface area (Å²) in [6, 6.07) is 9.58. The molecule has 82 valence electrons. The summed E-state index contributed by atoms with van der Waals surface area (Å²) in [5.74, 6) is -0.114. The van der Waals surface area contributed by atoms with Crippen LogP contribution in [-0.4, -0.2) is 22.0 Å². The van der Waals surface area contributed by atoms with Gasteiger partial charge >= 0.3 is 0 Å². The molecule has 0 bridgehead atoms. The van der Waals surface area contributed by atoms with Crippen LogP contribution < -0.4 is 5.32 Å². The fraction of sp³-hybridized carbons (Fsp3) is 0.182. The molecule has 0 atom stereocenters. The van der Waals surface area contributed by atoms with Crippen LogP contribution in [0.5, 0.6) is 0 Å². The molecule has 5 heteroatoms. The molecule has 4 nitrogen and oxygen atoms in total. The van der Waals surface area contributed by atoms with Crippen molar-refractivity contribution in [3.05, 3.63) is 35.2 Å². The summed E-state index contributed by atoms with van der Waals surface area (Å²) in [6.07, 6.45) is 0. The first-order valence-electron chi connectivity index (χ1n) is 4.99. The molecule has 0 radical (unpaired) electrons. The zero-order valence-corrected chi connectivity index (χ0v) is 9.62. The average molecular weight is 233 g/mol. The lowest BCUT2D eigenvalue weighted by Crippen LogP contribution is -2.22. The van der Waals surface area contributed by atoms with Gasteiger partial charge in [-0.25, -0.2) is 0 Å². The minimum Gasteiger partial charge on any atom is -0.351 e. The molecule has 16 heavy (non-hydrogen) atoms. The van der Waals surface area contributed by atoms with Gasteiger partial charge in [0.15, 0.2) is 0 Å². The normalized spacial score (nSPS) is 10.1. The maximum atomic E-state index is 11.7. The van der Waals surface area contributed by atoms with Gasteiger partial charge < -0.3 is 5.32 Å². The Kier molecular flexibility index (Phi) is 3.26. The van der Waals surface area contributed by atoms with Gasteiger partial charge in [-0.3, -0.25) is 4.79 Å². The van der Waals surface area contributed by atoms with Crippen molar-refractivity contribution in [3.8, 4) is 11.3 Å². The minimum absolute atomic E-state index is 0.114. The summed E-state index contributed by atoms with van der Waals surface area (Å²) in [5, 5.41) is 6.75. The molecule has 0 unspecified atom stereocenters. The highest BCUT2D eigenvalue weighted by molar-refractivity contribution is 7.08. The quantitative estimate of drug-likeness (QED) is 0.881. The van der Waals surface area contributed by atoms with Crippen molar-refractivity contribution >= 4 is 17.4 Å². The number of hydrogen-bond acceptors (Lipinski definition) is 4. The first-order chi connectivity index (χ1) is 7.83. The van der Waals surface area contributed by atoms with E-state index in [0.29, 0.717) is 17.1 Å². The number of aromatic nitrogens is 2. The predicted molar refractivity (Wildman–Crippen MR) is 63.4 cm³/mol. The molecular weight excluding hydrogens is 222 g/mol. The zero-order chi connectivity index (χ0) is 11.4. The molecule has 1 aromatic heterocycles. The smallest absolute Gasteiger partial charge is 0.265 e. The fourth-order valence-corrected chi connectivity index (χ4v) is 1.97. The van der Waals surface area contributed by atoms with Crippen LogP contribution in [0.3, 0.4) is 0 Å². The van der Waals surface area contributed by atoms with Crippen LogP contribution in [0.15, 0.2) is 30.3 Å². The van der Waals surface area contributed by atoms with E-state index in [1.54, 1.807) is 0 Å². The second kappa shape index (κ2) is 4.85. The molecule has 2 aromatic rings. The zero-order valence-electron chi connectivity index (χ0n) is 8.80. The van der Waals surface area contributed by atoms with Crippen molar-refractivity contribution in [1.82, 2.24) is 14.9 Å². The maximum Gasteiger partial charge on any atom is 0.265 e. The fourth-order valence-electron chi connectivity index (χ4n) is 1.37. The highest BCUT2D eigenvalue weighted by atomic mass is 32.1. The van der Waals surface area contributed by atoms with Crippen molar-refractivity contribution in [2.75, 3.05) is 6.54 Å². The van der Waals surface area contributed by atoms with Crippen molar-refractivity contribution in [2.45, 2.75) is 6.92 Å². The highest BCUT2D eigenvalue weighted by Crippen LogP contribution is 2.23. The first-order valence-corrected chi connectivity index (χ1v) is 5.76. The largest absolute Gasteiger partial charge is 0.351 e. The van der Waals surface area contributed by atoms with Gasteiger partial charge in [0.1, 0.15) is 10.6 Å². The molecule has 0 saturated heterocycles. The third kappa shape index (κ3) is 2.09.